The van der Waals surface area contributed by atoms with E-state index in [2.05, 4.69) is 9.97 Å². The van der Waals surface area contributed by atoms with Crippen LogP contribution in [0.15, 0.2) is 75.0 Å². The molecule has 2 heterocycles. The van der Waals surface area contributed by atoms with Crippen molar-refractivity contribution >= 4 is 34.3 Å². The molecule has 38 heavy (non-hydrogen) atoms. The van der Waals surface area contributed by atoms with Crippen molar-refractivity contribution < 1.29 is 19.1 Å². The second-order valence-corrected chi connectivity index (χ2v) is 8.27. The van der Waals surface area contributed by atoms with Gasteiger partial charge in [0.2, 0.25) is 5.56 Å². The number of amides is 1. The number of nitrogens with two attached hydrogens (primary N) is 1. The second-order valence-electron chi connectivity index (χ2n) is 8.27. The van der Waals surface area contributed by atoms with Crippen LogP contribution < -0.4 is 27.4 Å². The fourth-order valence-electron chi connectivity index (χ4n) is 3.96. The first-order valence-electron chi connectivity index (χ1n) is 11.5. The van der Waals surface area contributed by atoms with Gasteiger partial charge in [-0.15, -0.1) is 0 Å². The average Bonchev–Trinajstić information content (AvgIpc) is 2.91. The molecular formula is C26H25N5O7. The fraction of sp³-hybridized carbons (Fsp3) is 0.192. The molecule has 0 fully saturated rings. The molecule has 2 aromatic heterocycles. The predicted octanol–water partition coefficient (Wildman–Crippen LogP) is 0.845. The standard InChI is InChI=1S/C26H25N5O7/c1-37-12-11-30(22-23(27)31(26(36)29-24(22)34)14-16-7-3-2-4-8-16)21(33)15-38-25(35)18-13-20(32)28-19-10-6-5-9-17(18)19/h2-10,13H,11-12,14-15,27H2,1H3,(H,28,32)(H,29,34,36). The number of esters is 1. The molecule has 12 heteroatoms. The number of aromatic amines is 2. The maximum Gasteiger partial charge on any atom is 0.339 e. The number of carbonyl (C=O) groups excluding carboxylic acids is 2. The lowest BCUT2D eigenvalue weighted by atomic mass is 10.1. The maximum atomic E-state index is 13.2. The molecule has 0 aliphatic carbocycles. The van der Waals surface area contributed by atoms with Crippen LogP contribution >= 0.6 is 0 Å². The van der Waals surface area contributed by atoms with Gasteiger partial charge in [0, 0.05) is 30.6 Å². The van der Waals surface area contributed by atoms with E-state index in [-0.39, 0.29) is 36.8 Å². The van der Waals surface area contributed by atoms with Crippen molar-refractivity contribution in [1.82, 2.24) is 14.5 Å². The largest absolute Gasteiger partial charge is 0.452 e. The highest BCUT2D eigenvalue weighted by molar-refractivity contribution is 6.04. The topological polar surface area (TPSA) is 170 Å². The zero-order valence-electron chi connectivity index (χ0n) is 20.4. The Hall–Kier alpha value is -4.97. The third-order valence-corrected chi connectivity index (χ3v) is 5.78. The Morgan fingerprint density at radius 2 is 1.71 bits per heavy atom. The first kappa shape index (κ1) is 26.1. The van der Waals surface area contributed by atoms with Crippen LogP contribution in [-0.2, 0) is 20.8 Å². The van der Waals surface area contributed by atoms with E-state index in [1.165, 1.54) is 7.11 Å². The molecule has 0 saturated carbocycles. The summed E-state index contributed by atoms with van der Waals surface area (Å²) in [6.07, 6.45) is 0. The van der Waals surface area contributed by atoms with Crippen LogP contribution in [-0.4, -0.2) is 53.3 Å². The predicted molar refractivity (Wildman–Crippen MR) is 140 cm³/mol. The van der Waals surface area contributed by atoms with Crippen molar-refractivity contribution in [2.75, 3.05) is 37.5 Å². The molecule has 0 aliphatic heterocycles. The number of benzene rings is 2. The van der Waals surface area contributed by atoms with Crippen molar-refractivity contribution in [3.8, 4) is 0 Å². The van der Waals surface area contributed by atoms with Crippen LogP contribution in [0.5, 0.6) is 0 Å². The van der Waals surface area contributed by atoms with E-state index in [0.29, 0.717) is 10.9 Å². The molecular weight excluding hydrogens is 494 g/mol. The number of rotatable bonds is 9. The first-order chi connectivity index (χ1) is 18.3. The molecule has 0 aliphatic rings. The lowest BCUT2D eigenvalue weighted by molar-refractivity contribution is -0.121. The third-order valence-electron chi connectivity index (χ3n) is 5.78. The van der Waals surface area contributed by atoms with E-state index in [1.807, 2.05) is 6.07 Å². The van der Waals surface area contributed by atoms with Gasteiger partial charge in [-0.3, -0.25) is 28.8 Å². The summed E-state index contributed by atoms with van der Waals surface area (Å²) >= 11 is 0. The van der Waals surface area contributed by atoms with Gasteiger partial charge in [0.1, 0.15) is 5.82 Å². The van der Waals surface area contributed by atoms with Gasteiger partial charge in [-0.1, -0.05) is 48.5 Å². The molecule has 0 unspecified atom stereocenters. The van der Waals surface area contributed by atoms with Crippen LogP contribution in [0.4, 0.5) is 11.5 Å². The smallest absolute Gasteiger partial charge is 0.339 e. The molecule has 4 aromatic rings. The highest BCUT2D eigenvalue weighted by Gasteiger charge is 2.26. The highest BCUT2D eigenvalue weighted by Crippen LogP contribution is 2.19. The number of para-hydroxylation sites is 1. The second kappa shape index (κ2) is 11.4. The number of anilines is 2. The number of nitrogens with one attached hydrogen (secondary N) is 2. The maximum absolute atomic E-state index is 13.2. The number of nitrogen functional groups attached to an aromatic ring is 1. The summed E-state index contributed by atoms with van der Waals surface area (Å²) in [6.45, 7) is -0.806. The Morgan fingerprint density at radius 1 is 1.00 bits per heavy atom. The van der Waals surface area contributed by atoms with Gasteiger partial charge in [-0.25, -0.2) is 9.59 Å². The Balaban J connectivity index is 1.63. The molecule has 2 aromatic carbocycles. The molecule has 0 spiro atoms. The zero-order valence-corrected chi connectivity index (χ0v) is 20.4. The molecule has 4 rings (SSSR count). The zero-order chi connectivity index (χ0) is 27.2. The van der Waals surface area contributed by atoms with Gasteiger partial charge < -0.3 is 20.2 Å². The number of aromatic nitrogens is 3. The number of fused-ring (bicyclic) bond motifs is 1. The minimum absolute atomic E-state index is 0.0191. The normalized spacial score (nSPS) is 10.9. The molecule has 1 amide bonds. The van der Waals surface area contributed by atoms with Crippen molar-refractivity contribution in [3.63, 3.8) is 0 Å². The summed E-state index contributed by atoms with van der Waals surface area (Å²) in [7, 11) is 1.41. The van der Waals surface area contributed by atoms with E-state index in [4.69, 9.17) is 15.2 Å². The molecule has 196 valence electrons. The summed E-state index contributed by atoms with van der Waals surface area (Å²) in [5, 5.41) is 0.439. The summed E-state index contributed by atoms with van der Waals surface area (Å²) in [5.41, 5.74) is 4.97. The fourth-order valence-corrected chi connectivity index (χ4v) is 3.96. The number of nitrogens with zero attached hydrogens (tertiary/aromatic N) is 2. The Morgan fingerprint density at radius 3 is 2.45 bits per heavy atom. The van der Waals surface area contributed by atoms with E-state index >= 15 is 0 Å². The molecule has 4 N–H and O–H groups in total. The van der Waals surface area contributed by atoms with Crippen molar-refractivity contribution in [1.29, 1.82) is 0 Å². The first-order valence-corrected chi connectivity index (χ1v) is 11.5. The van der Waals surface area contributed by atoms with Crippen molar-refractivity contribution in [2.45, 2.75) is 6.54 Å². The molecule has 0 radical (unpaired) electrons. The molecule has 0 atom stereocenters. The van der Waals surface area contributed by atoms with Crippen LogP contribution in [0.2, 0.25) is 0 Å². The van der Waals surface area contributed by atoms with E-state index < -0.39 is 35.3 Å². The lowest BCUT2D eigenvalue weighted by Gasteiger charge is -2.24. The van der Waals surface area contributed by atoms with Crippen molar-refractivity contribution in [2.24, 2.45) is 0 Å². The van der Waals surface area contributed by atoms with E-state index in [0.717, 1.165) is 21.1 Å². The SMILES string of the molecule is COCCN(C(=O)COC(=O)c1cc(=O)[nH]c2ccccc12)c1c(N)n(Cc2ccccc2)c(=O)[nH]c1=O. The number of hydrogen-bond acceptors (Lipinski definition) is 8. The number of hydrogen-bond donors (Lipinski definition) is 3. The average molecular weight is 520 g/mol. The van der Waals surface area contributed by atoms with Gasteiger partial charge in [-0.2, -0.15) is 0 Å². The summed E-state index contributed by atoms with van der Waals surface area (Å²) in [4.78, 5) is 69.1. The number of ether oxygens (including phenoxy) is 2. The number of pyridine rings is 1. The summed E-state index contributed by atoms with van der Waals surface area (Å²) in [6, 6.07) is 16.7. The van der Waals surface area contributed by atoms with Gasteiger partial charge in [0.15, 0.2) is 12.3 Å². The number of H-pyrrole nitrogens is 2. The van der Waals surface area contributed by atoms with Gasteiger partial charge in [0.05, 0.1) is 18.7 Å². The van der Waals surface area contributed by atoms with Crippen molar-refractivity contribution in [3.05, 3.63) is 103 Å². The van der Waals surface area contributed by atoms with Gasteiger partial charge in [0.25, 0.3) is 11.5 Å². The minimum Gasteiger partial charge on any atom is -0.452 e. The Labute approximate surface area is 215 Å². The van der Waals surface area contributed by atoms with Crippen LogP contribution in [0.1, 0.15) is 15.9 Å². The van der Waals surface area contributed by atoms with Gasteiger partial charge in [-0.05, 0) is 11.6 Å². The Bertz CT molecular complexity index is 1660. The third kappa shape index (κ3) is 5.55. The monoisotopic (exact) mass is 519 g/mol. The summed E-state index contributed by atoms with van der Waals surface area (Å²) in [5.74, 6) is -1.92. The van der Waals surface area contributed by atoms with Crippen LogP contribution in [0.3, 0.4) is 0 Å². The molecule has 0 bridgehead atoms. The molecule has 0 saturated heterocycles. The highest BCUT2D eigenvalue weighted by atomic mass is 16.5. The Kier molecular flexibility index (Phi) is 7.83. The minimum atomic E-state index is -0.900. The van der Waals surface area contributed by atoms with E-state index in [1.54, 1.807) is 48.5 Å². The number of methoxy groups -OCH3 is 1. The van der Waals surface area contributed by atoms with Gasteiger partial charge >= 0.3 is 11.7 Å². The van der Waals surface area contributed by atoms with E-state index in [9.17, 15) is 24.0 Å². The summed E-state index contributed by atoms with van der Waals surface area (Å²) < 4.78 is 11.4. The lowest BCUT2D eigenvalue weighted by Crippen LogP contribution is -2.44. The van der Waals surface area contributed by atoms with Crippen LogP contribution in [0, 0.1) is 0 Å². The number of carbonyl (C=O) groups is 2. The van der Waals surface area contributed by atoms with Crippen LogP contribution in [0.25, 0.3) is 10.9 Å². The molecule has 12 nitrogen and oxygen atoms in total. The quantitative estimate of drug-likeness (QED) is 0.273.